The van der Waals surface area contributed by atoms with Gasteiger partial charge in [0.15, 0.2) is 11.4 Å². The van der Waals surface area contributed by atoms with Crippen molar-refractivity contribution in [3.8, 4) is 6.19 Å². The van der Waals surface area contributed by atoms with Crippen LogP contribution in [0.15, 0.2) is 47.5 Å². The number of aliphatic imine (C=N–C) groups is 1. The molecule has 0 saturated carbocycles. The lowest BCUT2D eigenvalue weighted by molar-refractivity contribution is 0.102. The van der Waals surface area contributed by atoms with Gasteiger partial charge < -0.3 is 5.32 Å². The Balaban J connectivity index is 2.21. The van der Waals surface area contributed by atoms with E-state index in [-0.39, 0.29) is 5.91 Å². The van der Waals surface area contributed by atoms with Crippen molar-refractivity contribution in [3.63, 3.8) is 0 Å². The second-order valence-electron chi connectivity index (χ2n) is 5.18. The van der Waals surface area contributed by atoms with E-state index in [9.17, 15) is 4.79 Å². The Kier molecular flexibility index (Phi) is 5.99. The van der Waals surface area contributed by atoms with Crippen LogP contribution in [0.2, 0.25) is 0 Å². The molecule has 122 valence electrons. The number of rotatable bonds is 3. The minimum absolute atomic E-state index is 0.196. The summed E-state index contributed by atoms with van der Waals surface area (Å²) in [4.78, 5) is 16.8. The molecule has 0 atom stereocenters. The Bertz CT molecular complexity index is 824. The second kappa shape index (κ2) is 8.18. The molecule has 2 aromatic carbocycles. The van der Waals surface area contributed by atoms with Gasteiger partial charge in [0.05, 0.1) is 5.69 Å². The highest BCUT2D eigenvalue weighted by atomic mass is 32.2. The Labute approximate surface area is 145 Å². The molecule has 0 heterocycles. The highest BCUT2D eigenvalue weighted by Crippen LogP contribution is 2.20. The number of thioether (sulfide) groups is 1. The number of amides is 1. The molecule has 2 aromatic rings. The van der Waals surface area contributed by atoms with Crippen molar-refractivity contribution in [3.05, 3.63) is 59.2 Å². The molecule has 0 radical (unpaired) electrons. The third kappa shape index (κ3) is 4.61. The van der Waals surface area contributed by atoms with Crippen LogP contribution < -0.4 is 10.6 Å². The van der Waals surface area contributed by atoms with Crippen LogP contribution in [0.1, 0.15) is 21.5 Å². The van der Waals surface area contributed by atoms with Crippen LogP contribution in [0.5, 0.6) is 0 Å². The molecule has 5 nitrogen and oxygen atoms in total. The summed E-state index contributed by atoms with van der Waals surface area (Å²) in [6.45, 7) is 3.97. The predicted octanol–water partition coefficient (Wildman–Crippen LogP) is 3.98. The van der Waals surface area contributed by atoms with Gasteiger partial charge in [0.2, 0.25) is 0 Å². The van der Waals surface area contributed by atoms with Crippen molar-refractivity contribution < 1.29 is 4.79 Å². The SMILES string of the molecule is CSC(=Nc1cccc(C(=O)Nc2ccc(C)cc2C)c1)NC#N. The van der Waals surface area contributed by atoms with E-state index in [4.69, 9.17) is 5.26 Å². The van der Waals surface area contributed by atoms with Crippen molar-refractivity contribution in [1.82, 2.24) is 5.32 Å². The molecule has 0 spiro atoms. The standard InChI is InChI=1S/C18H18N4OS/c1-12-7-8-16(13(2)9-12)22-17(23)14-5-4-6-15(10-14)21-18(24-3)20-11-19/h4-10H,1-3H3,(H,20,21)(H,22,23). The molecule has 0 aromatic heterocycles. The molecule has 24 heavy (non-hydrogen) atoms. The molecule has 0 saturated heterocycles. The summed E-state index contributed by atoms with van der Waals surface area (Å²) in [6, 6.07) is 12.8. The smallest absolute Gasteiger partial charge is 0.255 e. The van der Waals surface area contributed by atoms with Gasteiger partial charge in [-0.25, -0.2) is 4.99 Å². The average molecular weight is 338 g/mol. The zero-order valence-corrected chi connectivity index (χ0v) is 14.6. The largest absolute Gasteiger partial charge is 0.322 e. The van der Waals surface area contributed by atoms with E-state index in [1.165, 1.54) is 11.8 Å². The molecule has 6 heteroatoms. The molecular weight excluding hydrogens is 320 g/mol. The van der Waals surface area contributed by atoms with Crippen LogP contribution in [0.3, 0.4) is 0 Å². The van der Waals surface area contributed by atoms with E-state index in [0.29, 0.717) is 16.4 Å². The van der Waals surface area contributed by atoms with Crippen molar-refractivity contribution in [2.24, 2.45) is 4.99 Å². The molecular formula is C18H18N4OS. The molecule has 1 amide bonds. The quantitative estimate of drug-likeness (QED) is 0.384. The van der Waals surface area contributed by atoms with Gasteiger partial charge in [-0.1, -0.05) is 35.5 Å². The molecule has 0 unspecified atom stereocenters. The van der Waals surface area contributed by atoms with Crippen LogP contribution in [0.25, 0.3) is 0 Å². The maximum Gasteiger partial charge on any atom is 0.255 e. The monoisotopic (exact) mass is 338 g/mol. The summed E-state index contributed by atoms with van der Waals surface area (Å²) in [5, 5.41) is 14.6. The Morgan fingerprint density at radius 1 is 1.21 bits per heavy atom. The molecule has 2 rings (SSSR count). The van der Waals surface area contributed by atoms with E-state index < -0.39 is 0 Å². The van der Waals surface area contributed by atoms with Gasteiger partial charge in [-0.05, 0) is 49.9 Å². The number of benzene rings is 2. The van der Waals surface area contributed by atoms with E-state index >= 15 is 0 Å². The molecule has 0 aliphatic heterocycles. The van der Waals surface area contributed by atoms with Crippen LogP contribution in [-0.2, 0) is 0 Å². The lowest BCUT2D eigenvalue weighted by atomic mass is 10.1. The van der Waals surface area contributed by atoms with Crippen LogP contribution >= 0.6 is 11.8 Å². The summed E-state index contributed by atoms with van der Waals surface area (Å²) in [5.74, 6) is -0.196. The van der Waals surface area contributed by atoms with Gasteiger partial charge in [0.25, 0.3) is 5.91 Å². The highest BCUT2D eigenvalue weighted by Gasteiger charge is 2.09. The Morgan fingerprint density at radius 3 is 2.67 bits per heavy atom. The van der Waals surface area contributed by atoms with Crippen molar-refractivity contribution in [1.29, 1.82) is 5.26 Å². The minimum Gasteiger partial charge on any atom is -0.322 e. The minimum atomic E-state index is -0.196. The first-order valence-corrected chi connectivity index (χ1v) is 8.52. The van der Waals surface area contributed by atoms with E-state index in [1.54, 1.807) is 24.3 Å². The van der Waals surface area contributed by atoms with Gasteiger partial charge >= 0.3 is 0 Å². The molecule has 2 N–H and O–H groups in total. The number of hydrogen-bond acceptors (Lipinski definition) is 4. The summed E-state index contributed by atoms with van der Waals surface area (Å²) in [7, 11) is 0. The van der Waals surface area contributed by atoms with Gasteiger partial charge in [-0.2, -0.15) is 5.26 Å². The summed E-state index contributed by atoms with van der Waals surface area (Å²) in [5.41, 5.74) is 4.07. The van der Waals surface area contributed by atoms with Crippen molar-refractivity contribution in [2.45, 2.75) is 13.8 Å². The van der Waals surface area contributed by atoms with Crippen LogP contribution in [-0.4, -0.2) is 17.3 Å². The van der Waals surface area contributed by atoms with Crippen molar-refractivity contribution in [2.75, 3.05) is 11.6 Å². The first-order valence-electron chi connectivity index (χ1n) is 7.30. The highest BCUT2D eigenvalue weighted by molar-refractivity contribution is 8.13. The zero-order chi connectivity index (χ0) is 17.5. The number of anilines is 1. The average Bonchev–Trinajstić information content (AvgIpc) is 2.57. The second-order valence-corrected chi connectivity index (χ2v) is 5.98. The maximum atomic E-state index is 12.5. The van der Waals surface area contributed by atoms with E-state index in [2.05, 4.69) is 15.6 Å². The van der Waals surface area contributed by atoms with Gasteiger partial charge in [0, 0.05) is 11.3 Å². The van der Waals surface area contributed by atoms with Gasteiger partial charge in [-0.15, -0.1) is 0 Å². The fraction of sp³-hybridized carbons (Fsp3) is 0.167. The van der Waals surface area contributed by atoms with E-state index in [1.807, 2.05) is 44.5 Å². The van der Waals surface area contributed by atoms with Crippen LogP contribution in [0.4, 0.5) is 11.4 Å². The fourth-order valence-corrected chi connectivity index (χ4v) is 2.50. The number of aryl methyl sites for hydroxylation is 2. The lowest BCUT2D eigenvalue weighted by Gasteiger charge is -2.09. The topological polar surface area (TPSA) is 77.3 Å². The summed E-state index contributed by atoms with van der Waals surface area (Å²) in [6.07, 6.45) is 3.66. The van der Waals surface area contributed by atoms with Gasteiger partial charge in [0.1, 0.15) is 0 Å². The predicted molar refractivity (Wildman–Crippen MR) is 99.7 cm³/mol. The zero-order valence-electron chi connectivity index (χ0n) is 13.8. The molecule has 0 aliphatic rings. The number of nitrogens with zero attached hydrogens (tertiary/aromatic N) is 2. The number of nitriles is 1. The maximum absolute atomic E-state index is 12.5. The normalized spacial score (nSPS) is 10.8. The lowest BCUT2D eigenvalue weighted by Crippen LogP contribution is -2.13. The summed E-state index contributed by atoms with van der Waals surface area (Å²) >= 11 is 1.33. The number of carbonyl (C=O) groups excluding carboxylic acids is 1. The Hall–Kier alpha value is -2.78. The van der Waals surface area contributed by atoms with Gasteiger partial charge in [-0.3, -0.25) is 10.1 Å². The molecule has 0 fully saturated rings. The number of carbonyl (C=O) groups is 1. The number of hydrogen-bond donors (Lipinski definition) is 2. The third-order valence-corrected chi connectivity index (χ3v) is 3.91. The van der Waals surface area contributed by atoms with Crippen molar-refractivity contribution >= 4 is 34.2 Å². The Morgan fingerprint density at radius 2 is 2.00 bits per heavy atom. The van der Waals surface area contributed by atoms with Crippen LogP contribution in [0, 0.1) is 25.3 Å². The fourth-order valence-electron chi connectivity index (χ4n) is 2.15. The first kappa shape index (κ1) is 17.6. The molecule has 0 aliphatic carbocycles. The molecule has 0 bridgehead atoms. The third-order valence-electron chi connectivity index (χ3n) is 3.33. The number of nitrogens with one attached hydrogen (secondary N) is 2. The number of amidine groups is 1. The summed E-state index contributed by atoms with van der Waals surface area (Å²) < 4.78 is 0. The first-order chi connectivity index (χ1) is 11.5. The van der Waals surface area contributed by atoms with E-state index in [0.717, 1.165) is 16.8 Å².